The highest BCUT2D eigenvalue weighted by Gasteiger charge is 1.97. The summed E-state index contributed by atoms with van der Waals surface area (Å²) in [7, 11) is 0. The molecule has 1 N–H and O–H groups in total. The number of nitrogens with zero attached hydrogens (tertiary/aromatic N) is 2. The molecule has 17 heavy (non-hydrogen) atoms. The smallest absolute Gasteiger partial charge is 0.141 e. The van der Waals surface area contributed by atoms with Crippen LogP contribution in [0.25, 0.3) is 0 Å². The molecule has 2 aromatic rings. The molecule has 0 saturated carbocycles. The van der Waals surface area contributed by atoms with E-state index in [0.717, 1.165) is 17.0 Å². The summed E-state index contributed by atoms with van der Waals surface area (Å²) in [5, 5.41) is 3.20. The second kappa shape index (κ2) is 5.50. The van der Waals surface area contributed by atoms with Gasteiger partial charge in [-0.3, -0.25) is 9.97 Å². The summed E-state index contributed by atoms with van der Waals surface area (Å²) < 4.78 is 12.9. The first kappa shape index (κ1) is 11.7. The second-order valence-corrected chi connectivity index (χ2v) is 3.89. The summed E-state index contributed by atoms with van der Waals surface area (Å²) in [6, 6.07) is 7.37. The topological polar surface area (TPSA) is 37.8 Å². The van der Waals surface area contributed by atoms with Gasteiger partial charge in [-0.25, -0.2) is 4.39 Å². The molecule has 0 bridgehead atoms. The van der Waals surface area contributed by atoms with Crippen molar-refractivity contribution in [1.29, 1.82) is 0 Å². The van der Waals surface area contributed by atoms with Crippen LogP contribution in [0.5, 0.6) is 0 Å². The second-order valence-electron chi connectivity index (χ2n) is 3.89. The van der Waals surface area contributed by atoms with Crippen LogP contribution < -0.4 is 5.32 Å². The first-order chi connectivity index (χ1) is 8.24. The van der Waals surface area contributed by atoms with E-state index >= 15 is 0 Å². The zero-order chi connectivity index (χ0) is 12.1. The zero-order valence-corrected chi connectivity index (χ0v) is 9.65. The van der Waals surface area contributed by atoms with Crippen molar-refractivity contribution in [1.82, 2.24) is 15.3 Å². The molecule has 0 aromatic carbocycles. The van der Waals surface area contributed by atoms with Gasteiger partial charge in [-0.2, -0.15) is 0 Å². The Balaban J connectivity index is 1.87. The molecule has 3 nitrogen and oxygen atoms in total. The molecule has 0 aliphatic carbocycles. The van der Waals surface area contributed by atoms with Crippen molar-refractivity contribution in [2.24, 2.45) is 0 Å². The number of pyridine rings is 2. The fraction of sp³-hybridized carbons (Fsp3) is 0.231. The molecule has 2 heterocycles. The van der Waals surface area contributed by atoms with Crippen LogP contribution >= 0.6 is 0 Å². The quantitative estimate of drug-likeness (QED) is 0.876. The van der Waals surface area contributed by atoms with Gasteiger partial charge in [0.2, 0.25) is 0 Å². The summed E-state index contributed by atoms with van der Waals surface area (Å²) in [5.41, 5.74) is 2.81. The predicted molar refractivity (Wildman–Crippen MR) is 63.7 cm³/mol. The fourth-order valence-electron chi connectivity index (χ4n) is 1.59. The van der Waals surface area contributed by atoms with E-state index in [4.69, 9.17) is 0 Å². The van der Waals surface area contributed by atoms with E-state index in [9.17, 15) is 4.39 Å². The monoisotopic (exact) mass is 231 g/mol. The minimum atomic E-state index is -0.307. The van der Waals surface area contributed by atoms with Gasteiger partial charge in [-0.15, -0.1) is 0 Å². The third-order valence-electron chi connectivity index (χ3n) is 2.34. The number of hydrogen-bond donors (Lipinski definition) is 1. The van der Waals surface area contributed by atoms with Gasteiger partial charge in [0.1, 0.15) is 5.82 Å². The Morgan fingerprint density at radius 2 is 2.12 bits per heavy atom. The van der Waals surface area contributed by atoms with E-state index in [-0.39, 0.29) is 5.82 Å². The van der Waals surface area contributed by atoms with Crippen molar-refractivity contribution in [2.75, 3.05) is 0 Å². The molecule has 2 rings (SSSR count). The summed E-state index contributed by atoms with van der Waals surface area (Å²) in [4.78, 5) is 8.16. The largest absolute Gasteiger partial charge is 0.307 e. The van der Waals surface area contributed by atoms with Gasteiger partial charge in [0.05, 0.1) is 11.9 Å². The van der Waals surface area contributed by atoms with E-state index in [1.165, 1.54) is 12.3 Å². The molecule has 0 aliphatic heterocycles. The van der Waals surface area contributed by atoms with Crippen molar-refractivity contribution < 1.29 is 4.39 Å². The van der Waals surface area contributed by atoms with E-state index in [2.05, 4.69) is 15.3 Å². The van der Waals surface area contributed by atoms with Gasteiger partial charge < -0.3 is 5.32 Å². The van der Waals surface area contributed by atoms with Gasteiger partial charge in [-0.1, -0.05) is 6.07 Å². The third kappa shape index (κ3) is 3.60. The first-order valence-corrected chi connectivity index (χ1v) is 5.47. The van der Waals surface area contributed by atoms with Crippen molar-refractivity contribution in [2.45, 2.75) is 20.0 Å². The van der Waals surface area contributed by atoms with Gasteiger partial charge in [0.15, 0.2) is 0 Å². The molecule has 88 valence electrons. The lowest BCUT2D eigenvalue weighted by Crippen LogP contribution is -2.14. The SMILES string of the molecule is Cc1cccc(CNCc2cncc(F)c2)n1. The normalized spacial score (nSPS) is 10.5. The lowest BCUT2D eigenvalue weighted by atomic mass is 10.2. The lowest BCUT2D eigenvalue weighted by Gasteiger charge is -2.05. The standard InChI is InChI=1S/C13H14FN3/c1-10-3-2-4-13(17-10)9-16-7-11-5-12(14)8-15-6-11/h2-6,8,16H,7,9H2,1H3. The minimum absolute atomic E-state index is 0.307. The summed E-state index contributed by atoms with van der Waals surface area (Å²) >= 11 is 0. The highest BCUT2D eigenvalue weighted by molar-refractivity contribution is 5.11. The number of nitrogens with one attached hydrogen (secondary N) is 1. The van der Waals surface area contributed by atoms with E-state index in [0.29, 0.717) is 13.1 Å². The maximum atomic E-state index is 12.9. The van der Waals surface area contributed by atoms with Crippen LogP contribution in [0.1, 0.15) is 17.0 Å². The van der Waals surface area contributed by atoms with Gasteiger partial charge in [-0.05, 0) is 30.7 Å². The molecule has 2 aromatic heterocycles. The first-order valence-electron chi connectivity index (χ1n) is 5.47. The number of aryl methyl sites for hydroxylation is 1. The Morgan fingerprint density at radius 1 is 1.24 bits per heavy atom. The van der Waals surface area contributed by atoms with Gasteiger partial charge >= 0.3 is 0 Å². The average Bonchev–Trinajstić information content (AvgIpc) is 2.29. The van der Waals surface area contributed by atoms with E-state index in [1.54, 1.807) is 6.20 Å². The van der Waals surface area contributed by atoms with E-state index < -0.39 is 0 Å². The van der Waals surface area contributed by atoms with Crippen molar-refractivity contribution in [3.05, 3.63) is 59.4 Å². The van der Waals surface area contributed by atoms with Crippen molar-refractivity contribution in [3.8, 4) is 0 Å². The van der Waals surface area contributed by atoms with Crippen molar-refractivity contribution >= 4 is 0 Å². The average molecular weight is 231 g/mol. The fourth-order valence-corrected chi connectivity index (χ4v) is 1.59. The Bertz CT molecular complexity index is 454. The number of halogens is 1. The van der Waals surface area contributed by atoms with Gasteiger partial charge in [0, 0.05) is 25.0 Å². The lowest BCUT2D eigenvalue weighted by molar-refractivity contribution is 0.611. The van der Waals surface area contributed by atoms with Crippen LogP contribution in [0.4, 0.5) is 4.39 Å². The predicted octanol–water partition coefficient (Wildman–Crippen LogP) is 2.21. The molecule has 0 saturated heterocycles. The van der Waals surface area contributed by atoms with Crippen LogP contribution in [0, 0.1) is 12.7 Å². The van der Waals surface area contributed by atoms with Gasteiger partial charge in [0.25, 0.3) is 0 Å². The molecule has 4 heteroatoms. The molecule has 0 atom stereocenters. The molecule has 0 unspecified atom stereocenters. The summed E-state index contributed by atoms with van der Waals surface area (Å²) in [5.74, 6) is -0.307. The van der Waals surface area contributed by atoms with Crippen LogP contribution in [0.15, 0.2) is 36.7 Å². The maximum Gasteiger partial charge on any atom is 0.141 e. The maximum absolute atomic E-state index is 12.9. The zero-order valence-electron chi connectivity index (χ0n) is 9.65. The minimum Gasteiger partial charge on any atom is -0.307 e. The third-order valence-corrected chi connectivity index (χ3v) is 2.34. The van der Waals surface area contributed by atoms with Crippen LogP contribution in [0.3, 0.4) is 0 Å². The molecular weight excluding hydrogens is 217 g/mol. The highest BCUT2D eigenvalue weighted by Crippen LogP contribution is 2.01. The summed E-state index contributed by atoms with van der Waals surface area (Å²) in [6.45, 7) is 3.21. The van der Waals surface area contributed by atoms with E-state index in [1.807, 2.05) is 25.1 Å². The molecule has 0 fully saturated rings. The Morgan fingerprint density at radius 3 is 2.88 bits per heavy atom. The molecule has 0 spiro atoms. The Labute approximate surface area is 99.7 Å². The van der Waals surface area contributed by atoms with Crippen LogP contribution in [-0.4, -0.2) is 9.97 Å². The molecular formula is C13H14FN3. The molecule has 0 radical (unpaired) electrons. The van der Waals surface area contributed by atoms with Crippen LogP contribution in [-0.2, 0) is 13.1 Å². The molecule has 0 aliphatic rings. The molecule has 0 amide bonds. The number of rotatable bonds is 4. The Hall–Kier alpha value is -1.81. The highest BCUT2D eigenvalue weighted by atomic mass is 19.1. The Kier molecular flexibility index (Phi) is 3.77. The number of hydrogen-bond acceptors (Lipinski definition) is 3. The van der Waals surface area contributed by atoms with Crippen molar-refractivity contribution in [3.63, 3.8) is 0 Å². The number of aromatic nitrogens is 2. The summed E-state index contributed by atoms with van der Waals surface area (Å²) in [6.07, 6.45) is 2.85. The van der Waals surface area contributed by atoms with Crippen LogP contribution in [0.2, 0.25) is 0 Å².